The van der Waals surface area contributed by atoms with Gasteiger partial charge in [0.15, 0.2) is 0 Å². The average molecular weight is 388 g/mol. The number of hydrogen-bond donors (Lipinski definition) is 2. The molecular formula is C12H13ClF3N3O4S. The van der Waals surface area contributed by atoms with Crippen LogP contribution in [-0.4, -0.2) is 44.0 Å². The zero-order valence-corrected chi connectivity index (χ0v) is 13.6. The Balaban J connectivity index is 1.90. The van der Waals surface area contributed by atoms with Crippen LogP contribution < -0.4 is 14.8 Å². The smallest absolute Gasteiger partial charge is 0.491 e. The molecule has 1 aliphatic carbocycles. The van der Waals surface area contributed by atoms with Gasteiger partial charge in [0.25, 0.3) is 5.91 Å². The molecule has 0 aliphatic heterocycles. The lowest BCUT2D eigenvalue weighted by Crippen LogP contribution is -2.38. The number of carbonyl (C=O) groups excluding carboxylic acids is 1. The number of halogens is 4. The Morgan fingerprint density at radius 1 is 1.42 bits per heavy atom. The average Bonchev–Trinajstić information content (AvgIpc) is 3.27. The largest absolute Gasteiger partial charge is 0.511 e. The standard InChI is InChI=1S/C12H13ClF3N3O4S/c13-10-9(11(20)19-7-1-2-7)5-8(6-17-10)23-4-3-18-24(21,22)12(14,15)16/h5-7,18H,1-4H2,(H,19,20). The summed E-state index contributed by atoms with van der Waals surface area (Å²) >= 11 is 5.82. The quantitative estimate of drug-likeness (QED) is 0.545. The molecule has 0 spiro atoms. The fraction of sp³-hybridized carbons (Fsp3) is 0.500. The minimum Gasteiger partial charge on any atom is -0.491 e. The number of pyridine rings is 1. The summed E-state index contributed by atoms with van der Waals surface area (Å²) < 4.78 is 64.4. The highest BCUT2D eigenvalue weighted by molar-refractivity contribution is 7.90. The number of rotatable bonds is 7. The van der Waals surface area contributed by atoms with Crippen molar-refractivity contribution in [2.45, 2.75) is 24.4 Å². The van der Waals surface area contributed by atoms with Crippen molar-refractivity contribution >= 4 is 27.5 Å². The van der Waals surface area contributed by atoms with E-state index in [-0.39, 0.29) is 29.1 Å². The first kappa shape index (κ1) is 18.7. The van der Waals surface area contributed by atoms with Crippen LogP contribution in [0, 0.1) is 0 Å². The van der Waals surface area contributed by atoms with Gasteiger partial charge in [0, 0.05) is 12.6 Å². The van der Waals surface area contributed by atoms with Gasteiger partial charge >= 0.3 is 15.5 Å². The monoisotopic (exact) mass is 387 g/mol. The predicted octanol–water partition coefficient (Wildman–Crippen LogP) is 1.45. The number of nitrogens with zero attached hydrogens (tertiary/aromatic N) is 1. The van der Waals surface area contributed by atoms with Crippen molar-refractivity contribution in [3.05, 3.63) is 23.0 Å². The molecule has 1 fully saturated rings. The van der Waals surface area contributed by atoms with Crippen LogP contribution in [0.1, 0.15) is 23.2 Å². The number of amides is 1. The number of nitrogens with one attached hydrogen (secondary N) is 2. The molecule has 24 heavy (non-hydrogen) atoms. The predicted molar refractivity (Wildman–Crippen MR) is 78.2 cm³/mol. The first-order valence-corrected chi connectivity index (χ1v) is 8.61. The summed E-state index contributed by atoms with van der Waals surface area (Å²) in [7, 11) is -5.42. The van der Waals surface area contributed by atoms with Crippen LogP contribution in [0.2, 0.25) is 5.15 Å². The molecule has 7 nitrogen and oxygen atoms in total. The molecule has 0 aromatic carbocycles. The third kappa shape index (κ3) is 4.95. The summed E-state index contributed by atoms with van der Waals surface area (Å²) in [5.41, 5.74) is -5.32. The van der Waals surface area contributed by atoms with Crippen LogP contribution in [0.4, 0.5) is 13.2 Å². The maximum atomic E-state index is 12.1. The van der Waals surface area contributed by atoms with E-state index >= 15 is 0 Å². The van der Waals surface area contributed by atoms with Crippen molar-refractivity contribution in [1.29, 1.82) is 0 Å². The Kier molecular flexibility index (Phi) is 5.56. The molecule has 1 aliphatic rings. The second-order valence-electron chi connectivity index (χ2n) is 4.95. The van der Waals surface area contributed by atoms with Gasteiger partial charge in [0.2, 0.25) is 0 Å². The molecule has 1 heterocycles. The van der Waals surface area contributed by atoms with E-state index in [1.807, 2.05) is 0 Å². The second-order valence-corrected chi connectivity index (χ2v) is 7.07. The van der Waals surface area contributed by atoms with Crippen molar-refractivity contribution in [2.75, 3.05) is 13.2 Å². The molecule has 1 aromatic rings. The van der Waals surface area contributed by atoms with Crippen LogP contribution in [0.25, 0.3) is 0 Å². The van der Waals surface area contributed by atoms with Crippen molar-refractivity contribution in [3.8, 4) is 5.75 Å². The third-order valence-corrected chi connectivity index (χ3v) is 4.43. The van der Waals surface area contributed by atoms with E-state index in [0.717, 1.165) is 12.8 Å². The number of alkyl halides is 3. The van der Waals surface area contributed by atoms with Gasteiger partial charge in [-0.05, 0) is 18.9 Å². The molecule has 2 N–H and O–H groups in total. The minimum absolute atomic E-state index is 0.0433. The molecule has 12 heteroatoms. The second kappa shape index (κ2) is 7.11. The van der Waals surface area contributed by atoms with Gasteiger partial charge in [-0.15, -0.1) is 0 Å². The van der Waals surface area contributed by atoms with Gasteiger partial charge in [-0.2, -0.15) is 13.2 Å². The van der Waals surface area contributed by atoms with Gasteiger partial charge in [0.1, 0.15) is 17.5 Å². The Labute approximate surface area is 140 Å². The first-order chi connectivity index (χ1) is 11.1. The van der Waals surface area contributed by atoms with E-state index in [1.54, 1.807) is 0 Å². The maximum Gasteiger partial charge on any atom is 0.511 e. The van der Waals surface area contributed by atoms with E-state index in [4.69, 9.17) is 16.3 Å². The van der Waals surface area contributed by atoms with Crippen LogP contribution in [0.3, 0.4) is 0 Å². The minimum atomic E-state index is -5.42. The Bertz CT molecular complexity index is 723. The van der Waals surface area contributed by atoms with Crippen molar-refractivity contribution in [1.82, 2.24) is 15.0 Å². The van der Waals surface area contributed by atoms with Crippen molar-refractivity contribution in [2.24, 2.45) is 0 Å². The first-order valence-electron chi connectivity index (χ1n) is 6.75. The molecule has 0 atom stereocenters. The van der Waals surface area contributed by atoms with Crippen LogP contribution in [0.15, 0.2) is 12.3 Å². The molecule has 134 valence electrons. The molecule has 0 unspecified atom stereocenters. The molecule has 1 aromatic heterocycles. The summed E-state index contributed by atoms with van der Waals surface area (Å²) in [6, 6.07) is 1.39. The van der Waals surface area contributed by atoms with Crippen LogP contribution >= 0.6 is 11.6 Å². The zero-order valence-electron chi connectivity index (χ0n) is 12.1. The van der Waals surface area contributed by atoms with Gasteiger partial charge in [-0.1, -0.05) is 11.6 Å². The van der Waals surface area contributed by atoms with Crippen molar-refractivity contribution < 1.29 is 31.1 Å². The Morgan fingerprint density at radius 2 is 2.08 bits per heavy atom. The fourth-order valence-corrected chi connectivity index (χ4v) is 2.29. The number of sulfonamides is 1. The lowest BCUT2D eigenvalue weighted by atomic mass is 10.2. The Morgan fingerprint density at radius 3 is 2.67 bits per heavy atom. The number of aromatic nitrogens is 1. The SMILES string of the molecule is O=C(NC1CC1)c1cc(OCCNS(=O)(=O)C(F)(F)F)cnc1Cl. The topological polar surface area (TPSA) is 97.4 Å². The zero-order chi connectivity index (χ0) is 18.0. The van der Waals surface area contributed by atoms with Crippen LogP contribution in [0.5, 0.6) is 5.75 Å². The summed E-state index contributed by atoms with van der Waals surface area (Å²) in [5.74, 6) is -0.357. The number of carbonyl (C=O) groups is 1. The van der Waals surface area contributed by atoms with E-state index in [1.165, 1.54) is 17.0 Å². The number of hydrogen-bond acceptors (Lipinski definition) is 5. The summed E-state index contributed by atoms with van der Waals surface area (Å²) in [6.45, 7) is -0.990. The lowest BCUT2D eigenvalue weighted by molar-refractivity contribution is -0.0448. The van der Waals surface area contributed by atoms with Gasteiger partial charge in [0.05, 0.1) is 11.8 Å². The summed E-state index contributed by atoms with van der Waals surface area (Å²) in [6.07, 6.45) is 2.94. The fourth-order valence-electron chi connectivity index (χ4n) is 1.58. The van der Waals surface area contributed by atoms with E-state index in [0.29, 0.717) is 0 Å². The molecular weight excluding hydrogens is 375 g/mol. The highest BCUT2D eigenvalue weighted by Gasteiger charge is 2.45. The van der Waals surface area contributed by atoms with E-state index < -0.39 is 28.0 Å². The highest BCUT2D eigenvalue weighted by atomic mass is 35.5. The lowest BCUT2D eigenvalue weighted by Gasteiger charge is -2.11. The van der Waals surface area contributed by atoms with Gasteiger partial charge < -0.3 is 10.1 Å². The van der Waals surface area contributed by atoms with Gasteiger partial charge in [-0.25, -0.2) is 18.1 Å². The van der Waals surface area contributed by atoms with Gasteiger partial charge in [-0.3, -0.25) is 4.79 Å². The highest BCUT2D eigenvalue weighted by Crippen LogP contribution is 2.23. The van der Waals surface area contributed by atoms with Crippen LogP contribution in [-0.2, 0) is 10.0 Å². The van der Waals surface area contributed by atoms with Crippen molar-refractivity contribution in [3.63, 3.8) is 0 Å². The molecule has 0 bridgehead atoms. The summed E-state index contributed by atoms with van der Waals surface area (Å²) in [5, 5.41) is 2.66. The summed E-state index contributed by atoms with van der Waals surface area (Å²) in [4.78, 5) is 15.7. The third-order valence-electron chi connectivity index (χ3n) is 2.94. The Hall–Kier alpha value is -1.59. The maximum absolute atomic E-state index is 12.1. The molecule has 0 radical (unpaired) electrons. The number of ether oxygens (including phenoxy) is 1. The van der Waals surface area contributed by atoms with E-state index in [9.17, 15) is 26.4 Å². The normalized spacial score (nSPS) is 15.2. The molecule has 0 saturated heterocycles. The van der Waals surface area contributed by atoms with E-state index in [2.05, 4.69) is 10.3 Å². The molecule has 1 saturated carbocycles. The molecule has 2 rings (SSSR count). The molecule has 1 amide bonds.